The van der Waals surface area contributed by atoms with Crippen LogP contribution in [0.4, 0.5) is 13.2 Å². The minimum absolute atomic E-state index is 0.373. The molecule has 0 spiro atoms. The molecule has 1 aromatic carbocycles. The molecule has 1 unspecified atom stereocenters. The molecule has 0 saturated heterocycles. The molecule has 21 heavy (non-hydrogen) atoms. The maximum atomic E-state index is 12.8. The first-order valence-corrected chi connectivity index (χ1v) is 7.74. The molecule has 0 bridgehead atoms. The van der Waals surface area contributed by atoms with Crippen molar-refractivity contribution < 1.29 is 21.6 Å². The van der Waals surface area contributed by atoms with Crippen LogP contribution in [0.2, 0.25) is 0 Å². The van der Waals surface area contributed by atoms with Crippen LogP contribution < -0.4 is 0 Å². The second kappa shape index (κ2) is 6.96. The first-order chi connectivity index (χ1) is 9.70. The average molecular weight is 319 g/mol. The summed E-state index contributed by atoms with van der Waals surface area (Å²) in [6.07, 6.45) is 0.440. The summed E-state index contributed by atoms with van der Waals surface area (Å²) in [4.78, 5) is 0. The van der Waals surface area contributed by atoms with Gasteiger partial charge in [0, 0.05) is 13.0 Å². The number of halogens is 3. The Bertz CT molecular complexity index is 615. The second-order valence-corrected chi connectivity index (χ2v) is 6.21. The van der Waals surface area contributed by atoms with Crippen molar-refractivity contribution in [2.24, 2.45) is 0 Å². The van der Waals surface area contributed by atoms with Crippen molar-refractivity contribution in [3.8, 4) is 11.8 Å². The van der Waals surface area contributed by atoms with E-state index in [2.05, 4.69) is 11.8 Å². The molecule has 0 aliphatic rings. The zero-order chi connectivity index (χ0) is 16.1. The summed E-state index contributed by atoms with van der Waals surface area (Å²) in [7, 11) is -5.44. The fourth-order valence-electron chi connectivity index (χ4n) is 1.65. The van der Waals surface area contributed by atoms with E-state index in [9.17, 15) is 21.6 Å². The maximum Gasteiger partial charge on any atom is 0.511 e. The van der Waals surface area contributed by atoms with Gasteiger partial charge < -0.3 is 0 Å². The topological polar surface area (TPSA) is 37.4 Å². The Morgan fingerprint density at radius 3 is 2.29 bits per heavy atom. The normalized spacial score (nSPS) is 13.6. The molecule has 0 aromatic heterocycles. The van der Waals surface area contributed by atoms with Crippen molar-refractivity contribution in [2.75, 3.05) is 0 Å². The van der Waals surface area contributed by atoms with Crippen molar-refractivity contribution in [2.45, 2.75) is 38.4 Å². The summed E-state index contributed by atoms with van der Waals surface area (Å²) >= 11 is 0. The zero-order valence-corrected chi connectivity index (χ0v) is 12.5. The van der Waals surface area contributed by atoms with Crippen molar-refractivity contribution in [3.05, 3.63) is 35.9 Å². The molecule has 0 aliphatic carbocycles. The predicted molar refractivity (Wildman–Crippen MR) is 74.5 cm³/mol. The molecule has 0 radical (unpaired) electrons. The van der Waals surface area contributed by atoms with Crippen LogP contribution in [0.1, 0.15) is 25.8 Å². The first kappa shape index (κ1) is 17.5. The van der Waals surface area contributed by atoms with Crippen LogP contribution in [-0.4, -0.2) is 24.3 Å². The Labute approximate surface area is 122 Å². The third kappa shape index (κ3) is 4.48. The fraction of sp³-hybridized carbons (Fsp3) is 0.429. The molecular weight excluding hydrogens is 303 g/mol. The number of hydrogen-bond acceptors (Lipinski definition) is 2. The van der Waals surface area contributed by atoms with Crippen LogP contribution >= 0.6 is 0 Å². The van der Waals surface area contributed by atoms with Gasteiger partial charge >= 0.3 is 15.5 Å². The molecule has 3 nitrogen and oxygen atoms in total. The lowest BCUT2D eigenvalue weighted by Gasteiger charge is -2.26. The Morgan fingerprint density at radius 2 is 1.81 bits per heavy atom. The summed E-state index contributed by atoms with van der Waals surface area (Å²) in [6.45, 7) is 2.71. The van der Waals surface area contributed by atoms with E-state index < -0.39 is 21.6 Å². The Kier molecular flexibility index (Phi) is 5.81. The molecule has 0 amide bonds. The molecule has 1 aromatic rings. The Hall–Kier alpha value is -1.52. The van der Waals surface area contributed by atoms with E-state index in [0.717, 1.165) is 0 Å². The summed E-state index contributed by atoms with van der Waals surface area (Å²) in [5, 5.41) is 0. The van der Waals surface area contributed by atoms with Crippen molar-refractivity contribution in [3.63, 3.8) is 0 Å². The van der Waals surface area contributed by atoms with Gasteiger partial charge in [0.05, 0.1) is 6.04 Å². The maximum absolute atomic E-state index is 12.8. The second-order valence-electron chi connectivity index (χ2n) is 4.33. The number of rotatable bonds is 4. The molecule has 7 heteroatoms. The highest BCUT2D eigenvalue weighted by atomic mass is 32.2. The lowest BCUT2D eigenvalue weighted by molar-refractivity contribution is -0.0496. The van der Waals surface area contributed by atoms with Crippen LogP contribution in [-0.2, 0) is 16.6 Å². The van der Waals surface area contributed by atoms with E-state index in [1.807, 2.05) is 0 Å². The molecule has 0 aliphatic heterocycles. The van der Waals surface area contributed by atoms with E-state index in [1.54, 1.807) is 37.3 Å². The SMILES string of the molecule is CCC#CC(C)N(Cc1ccccc1)S(=O)(=O)C(F)(F)F. The molecule has 0 N–H and O–H groups in total. The van der Waals surface area contributed by atoms with Gasteiger partial charge in [0.1, 0.15) is 0 Å². The van der Waals surface area contributed by atoms with Crippen LogP contribution in [0, 0.1) is 11.8 Å². The van der Waals surface area contributed by atoms with Gasteiger partial charge in [-0.2, -0.15) is 17.5 Å². The zero-order valence-electron chi connectivity index (χ0n) is 11.7. The van der Waals surface area contributed by atoms with Gasteiger partial charge in [0.15, 0.2) is 0 Å². The van der Waals surface area contributed by atoms with E-state index in [1.165, 1.54) is 6.92 Å². The molecular formula is C14H16F3NO2S. The number of nitrogens with zero attached hydrogens (tertiary/aromatic N) is 1. The molecule has 116 valence electrons. The predicted octanol–water partition coefficient (Wildman–Crippen LogP) is 3.14. The van der Waals surface area contributed by atoms with Crippen molar-refractivity contribution in [1.82, 2.24) is 4.31 Å². The standard InChI is InChI=1S/C14H16F3NO2S/c1-3-4-8-12(2)18(21(19,20)14(15,16)17)11-13-9-6-5-7-10-13/h5-7,9-10,12H,3,11H2,1-2H3. The minimum atomic E-state index is -5.44. The fourth-order valence-corrected chi connectivity index (χ4v) is 2.70. The average Bonchev–Trinajstić information content (AvgIpc) is 2.42. The van der Waals surface area contributed by atoms with Crippen LogP contribution in [0.15, 0.2) is 30.3 Å². The van der Waals surface area contributed by atoms with E-state index in [4.69, 9.17) is 0 Å². The Balaban J connectivity index is 3.18. The van der Waals surface area contributed by atoms with Gasteiger partial charge in [0.25, 0.3) is 0 Å². The van der Waals surface area contributed by atoms with Gasteiger partial charge in [-0.15, -0.1) is 5.92 Å². The van der Waals surface area contributed by atoms with Gasteiger partial charge in [-0.3, -0.25) is 0 Å². The number of hydrogen-bond donors (Lipinski definition) is 0. The first-order valence-electron chi connectivity index (χ1n) is 6.30. The van der Waals surface area contributed by atoms with E-state index in [0.29, 0.717) is 16.3 Å². The van der Waals surface area contributed by atoms with E-state index >= 15 is 0 Å². The van der Waals surface area contributed by atoms with Gasteiger partial charge in [-0.1, -0.05) is 43.2 Å². The highest BCUT2D eigenvalue weighted by Gasteiger charge is 2.51. The summed E-state index contributed by atoms with van der Waals surface area (Å²) in [6, 6.07) is 7.05. The molecule has 0 heterocycles. The third-order valence-electron chi connectivity index (χ3n) is 2.70. The lowest BCUT2D eigenvalue weighted by Crippen LogP contribution is -2.44. The molecule has 0 saturated carbocycles. The number of benzene rings is 1. The molecule has 0 fully saturated rings. The quantitative estimate of drug-likeness (QED) is 0.800. The molecule has 1 atom stereocenters. The van der Waals surface area contributed by atoms with Crippen LogP contribution in [0.25, 0.3) is 0 Å². The van der Waals surface area contributed by atoms with E-state index in [-0.39, 0.29) is 6.54 Å². The smallest absolute Gasteiger partial charge is 0.203 e. The van der Waals surface area contributed by atoms with Crippen molar-refractivity contribution >= 4 is 10.0 Å². The highest BCUT2D eigenvalue weighted by molar-refractivity contribution is 7.90. The van der Waals surface area contributed by atoms with Gasteiger partial charge in [0.2, 0.25) is 0 Å². The monoisotopic (exact) mass is 319 g/mol. The minimum Gasteiger partial charge on any atom is -0.203 e. The largest absolute Gasteiger partial charge is 0.511 e. The van der Waals surface area contributed by atoms with Crippen LogP contribution in [0.3, 0.4) is 0 Å². The lowest BCUT2D eigenvalue weighted by atomic mass is 10.2. The summed E-state index contributed by atoms with van der Waals surface area (Å²) in [5.74, 6) is 5.14. The highest BCUT2D eigenvalue weighted by Crippen LogP contribution is 2.29. The van der Waals surface area contributed by atoms with Gasteiger partial charge in [-0.25, -0.2) is 8.42 Å². The Morgan fingerprint density at radius 1 is 1.24 bits per heavy atom. The van der Waals surface area contributed by atoms with Crippen LogP contribution in [0.5, 0.6) is 0 Å². The molecule has 1 rings (SSSR count). The summed E-state index contributed by atoms with van der Waals surface area (Å²) < 4.78 is 62.1. The summed E-state index contributed by atoms with van der Waals surface area (Å²) in [5.41, 5.74) is -4.88. The number of alkyl halides is 3. The van der Waals surface area contributed by atoms with Crippen molar-refractivity contribution in [1.29, 1.82) is 0 Å². The number of sulfonamides is 1. The van der Waals surface area contributed by atoms with Gasteiger partial charge in [-0.05, 0) is 12.5 Å². The third-order valence-corrected chi connectivity index (χ3v) is 4.35.